The number of nitrogens with one attached hydrogen (secondary N) is 1. The molecule has 0 radical (unpaired) electrons. The number of nitrogens with zero attached hydrogens (tertiary/aromatic N) is 4. The van der Waals surface area contributed by atoms with Crippen molar-refractivity contribution in [3.63, 3.8) is 0 Å². The fraction of sp³-hybridized carbons (Fsp3) is 0.375. The van der Waals surface area contributed by atoms with Crippen molar-refractivity contribution in [1.29, 1.82) is 0 Å². The summed E-state index contributed by atoms with van der Waals surface area (Å²) >= 11 is 0. The first-order chi connectivity index (χ1) is 16.1. The number of aromatic nitrogens is 4. The molecule has 1 unspecified atom stereocenters. The molecule has 1 atom stereocenters. The van der Waals surface area contributed by atoms with Crippen LogP contribution < -0.4 is 25.3 Å². The van der Waals surface area contributed by atoms with Crippen molar-refractivity contribution in [2.45, 2.75) is 25.2 Å². The molecule has 5 rings (SSSR count). The molecule has 2 aromatic carbocycles. The first kappa shape index (κ1) is 21.3. The summed E-state index contributed by atoms with van der Waals surface area (Å²) in [4.78, 5) is 9.63. The number of methoxy groups -OCH3 is 3. The van der Waals surface area contributed by atoms with Gasteiger partial charge in [-0.3, -0.25) is 0 Å². The van der Waals surface area contributed by atoms with Gasteiger partial charge in [-0.25, -0.2) is 9.97 Å². The summed E-state index contributed by atoms with van der Waals surface area (Å²) in [6.07, 6.45) is 2.72. The van der Waals surface area contributed by atoms with E-state index in [9.17, 15) is 0 Å². The van der Waals surface area contributed by atoms with Crippen LogP contribution in [0.25, 0.3) is 16.6 Å². The van der Waals surface area contributed by atoms with E-state index in [1.807, 2.05) is 30.3 Å². The first-order valence-corrected chi connectivity index (χ1v) is 11.1. The van der Waals surface area contributed by atoms with Gasteiger partial charge < -0.3 is 25.3 Å². The number of ether oxygens (including phenoxy) is 3. The van der Waals surface area contributed by atoms with Gasteiger partial charge in [-0.1, -0.05) is 6.07 Å². The van der Waals surface area contributed by atoms with Gasteiger partial charge in [0.15, 0.2) is 11.5 Å². The average molecular weight is 449 g/mol. The molecule has 0 spiro atoms. The van der Waals surface area contributed by atoms with Gasteiger partial charge in [0.05, 0.1) is 26.8 Å². The van der Waals surface area contributed by atoms with E-state index in [0.717, 1.165) is 71.0 Å². The topological polar surface area (TPSA) is 109 Å². The number of nitrogens with two attached hydrogens (primary N) is 1. The molecule has 9 nitrogen and oxygen atoms in total. The van der Waals surface area contributed by atoms with Crippen LogP contribution in [-0.2, 0) is 6.42 Å². The van der Waals surface area contributed by atoms with Crippen LogP contribution in [0.3, 0.4) is 0 Å². The van der Waals surface area contributed by atoms with Gasteiger partial charge >= 0.3 is 0 Å². The molecule has 1 aliphatic heterocycles. The Morgan fingerprint density at radius 3 is 2.64 bits per heavy atom. The molecule has 33 heavy (non-hydrogen) atoms. The van der Waals surface area contributed by atoms with Crippen molar-refractivity contribution in [3.8, 4) is 17.2 Å². The van der Waals surface area contributed by atoms with Crippen LogP contribution in [0, 0.1) is 0 Å². The fourth-order valence-corrected chi connectivity index (χ4v) is 4.55. The number of piperidine rings is 1. The van der Waals surface area contributed by atoms with Crippen LogP contribution in [0.15, 0.2) is 30.3 Å². The second-order valence-electron chi connectivity index (χ2n) is 8.22. The second-order valence-corrected chi connectivity index (χ2v) is 8.22. The number of rotatable bonds is 6. The summed E-state index contributed by atoms with van der Waals surface area (Å²) in [6.45, 7) is 1.91. The lowest BCUT2D eigenvalue weighted by Gasteiger charge is -2.19. The van der Waals surface area contributed by atoms with Gasteiger partial charge in [-0.15, -0.1) is 5.10 Å². The Hall–Kier alpha value is -3.59. The van der Waals surface area contributed by atoms with Gasteiger partial charge in [0.1, 0.15) is 17.2 Å². The zero-order chi connectivity index (χ0) is 22.9. The van der Waals surface area contributed by atoms with Crippen LogP contribution in [0.5, 0.6) is 17.2 Å². The summed E-state index contributed by atoms with van der Waals surface area (Å²) in [5.74, 6) is 3.57. The van der Waals surface area contributed by atoms with Crippen molar-refractivity contribution in [3.05, 3.63) is 47.3 Å². The monoisotopic (exact) mass is 448 g/mol. The van der Waals surface area contributed by atoms with Crippen LogP contribution in [0.1, 0.15) is 35.7 Å². The predicted molar refractivity (Wildman–Crippen MR) is 126 cm³/mol. The van der Waals surface area contributed by atoms with Gasteiger partial charge in [0.2, 0.25) is 5.95 Å². The third-order valence-electron chi connectivity index (χ3n) is 6.29. The number of anilines is 1. The van der Waals surface area contributed by atoms with Crippen LogP contribution >= 0.6 is 0 Å². The SMILES string of the molecule is COc1ccc(Cc2c(OC)ccc3c2nc(N)n2nc(C4CCCNC4)nc32)c(OC)c1. The highest BCUT2D eigenvalue weighted by Gasteiger charge is 2.23. The maximum absolute atomic E-state index is 6.36. The van der Waals surface area contributed by atoms with E-state index in [2.05, 4.69) is 5.32 Å². The summed E-state index contributed by atoms with van der Waals surface area (Å²) in [5.41, 5.74) is 9.72. The van der Waals surface area contributed by atoms with Crippen molar-refractivity contribution in [2.75, 3.05) is 40.2 Å². The molecule has 4 aromatic rings. The van der Waals surface area contributed by atoms with Crippen molar-refractivity contribution < 1.29 is 14.2 Å². The molecular formula is C24H28N6O3. The maximum atomic E-state index is 6.36. The minimum absolute atomic E-state index is 0.273. The molecule has 172 valence electrons. The van der Waals surface area contributed by atoms with Crippen LogP contribution in [0.4, 0.5) is 5.95 Å². The molecular weight excluding hydrogens is 420 g/mol. The number of fused-ring (bicyclic) bond motifs is 3. The lowest BCUT2D eigenvalue weighted by Crippen LogP contribution is -2.29. The Balaban J connectivity index is 1.66. The van der Waals surface area contributed by atoms with Gasteiger partial charge in [-0.05, 0) is 43.1 Å². The predicted octanol–water partition coefficient (Wildman–Crippen LogP) is 2.94. The van der Waals surface area contributed by atoms with Crippen molar-refractivity contribution in [2.24, 2.45) is 0 Å². The van der Waals surface area contributed by atoms with E-state index in [1.165, 1.54) is 0 Å². The molecule has 1 saturated heterocycles. The normalized spacial score (nSPS) is 16.3. The number of hydrogen-bond acceptors (Lipinski definition) is 8. The Labute approximate surface area is 191 Å². The highest BCUT2D eigenvalue weighted by molar-refractivity contribution is 5.95. The molecule has 3 heterocycles. The van der Waals surface area contributed by atoms with Gasteiger partial charge in [0, 0.05) is 35.9 Å². The molecule has 9 heteroatoms. The quantitative estimate of drug-likeness (QED) is 0.463. The number of nitrogen functional groups attached to an aromatic ring is 1. The first-order valence-electron chi connectivity index (χ1n) is 11.1. The highest BCUT2D eigenvalue weighted by atomic mass is 16.5. The summed E-state index contributed by atoms with van der Waals surface area (Å²) in [7, 11) is 4.94. The van der Waals surface area contributed by atoms with Crippen molar-refractivity contribution in [1.82, 2.24) is 24.9 Å². The van der Waals surface area contributed by atoms with Gasteiger partial charge in [0.25, 0.3) is 0 Å². The maximum Gasteiger partial charge on any atom is 0.223 e. The van der Waals surface area contributed by atoms with Crippen LogP contribution in [-0.4, -0.2) is 54.0 Å². The van der Waals surface area contributed by atoms with E-state index in [-0.39, 0.29) is 5.92 Å². The second kappa shape index (κ2) is 8.74. The molecule has 0 saturated carbocycles. The lowest BCUT2D eigenvalue weighted by atomic mass is 9.99. The number of hydrogen-bond donors (Lipinski definition) is 2. The van der Waals surface area contributed by atoms with Crippen LogP contribution in [0.2, 0.25) is 0 Å². The average Bonchev–Trinajstić information content (AvgIpc) is 3.32. The Kier molecular flexibility index (Phi) is 5.63. The van der Waals surface area contributed by atoms with E-state index in [1.54, 1.807) is 25.8 Å². The third kappa shape index (κ3) is 3.78. The molecule has 1 aliphatic rings. The fourth-order valence-electron chi connectivity index (χ4n) is 4.55. The Morgan fingerprint density at radius 2 is 1.91 bits per heavy atom. The minimum atomic E-state index is 0.273. The molecule has 0 amide bonds. The summed E-state index contributed by atoms with van der Waals surface area (Å²) in [6, 6.07) is 9.70. The van der Waals surface area contributed by atoms with E-state index in [0.29, 0.717) is 18.0 Å². The summed E-state index contributed by atoms with van der Waals surface area (Å²) < 4.78 is 18.3. The zero-order valence-electron chi connectivity index (χ0n) is 19.1. The molecule has 1 fully saturated rings. The smallest absolute Gasteiger partial charge is 0.223 e. The summed E-state index contributed by atoms with van der Waals surface area (Å²) in [5, 5.41) is 9.01. The van der Waals surface area contributed by atoms with Gasteiger partial charge in [-0.2, -0.15) is 4.52 Å². The third-order valence-corrected chi connectivity index (χ3v) is 6.29. The molecule has 0 bridgehead atoms. The largest absolute Gasteiger partial charge is 0.497 e. The van der Waals surface area contributed by atoms with E-state index in [4.69, 9.17) is 35.0 Å². The van der Waals surface area contributed by atoms with E-state index >= 15 is 0 Å². The minimum Gasteiger partial charge on any atom is -0.497 e. The Bertz CT molecular complexity index is 1310. The molecule has 0 aliphatic carbocycles. The number of benzene rings is 2. The Morgan fingerprint density at radius 1 is 1.06 bits per heavy atom. The zero-order valence-corrected chi connectivity index (χ0v) is 19.1. The van der Waals surface area contributed by atoms with E-state index < -0.39 is 0 Å². The molecule has 2 aromatic heterocycles. The highest BCUT2D eigenvalue weighted by Crippen LogP contribution is 2.35. The standard InChI is InChI=1S/C24H28N6O3/c1-31-16-7-6-14(20(12-16)33-3)11-18-19(32-2)9-8-17-21(18)27-24(25)30-23(17)28-22(29-30)15-5-4-10-26-13-15/h6-9,12,15,26H,4-5,10-11,13H2,1-3H3,(H2,25,27). The molecule has 3 N–H and O–H groups in total. The van der Waals surface area contributed by atoms with Crippen molar-refractivity contribution >= 4 is 22.5 Å². The lowest BCUT2D eigenvalue weighted by molar-refractivity contribution is 0.391.